The summed E-state index contributed by atoms with van der Waals surface area (Å²) in [7, 11) is 0. The molecule has 7 nitrogen and oxygen atoms in total. The predicted octanol–water partition coefficient (Wildman–Crippen LogP) is 3.93. The molecular formula is C19H16N4O3S. The van der Waals surface area contributed by atoms with Crippen molar-refractivity contribution < 1.29 is 14.1 Å². The molecule has 4 rings (SSSR count). The Morgan fingerprint density at radius 2 is 2.11 bits per heavy atom. The van der Waals surface area contributed by atoms with Crippen molar-refractivity contribution in [3.05, 3.63) is 66.3 Å². The molecule has 1 amide bonds. The zero-order valence-electron chi connectivity index (χ0n) is 14.5. The van der Waals surface area contributed by atoms with E-state index in [1.54, 1.807) is 11.1 Å². The lowest BCUT2D eigenvalue weighted by Crippen LogP contribution is -2.30. The number of carbonyl (C=O) groups is 1. The van der Waals surface area contributed by atoms with Crippen molar-refractivity contribution in [1.29, 1.82) is 0 Å². The number of nitrogens with zero attached hydrogens (tertiary/aromatic N) is 4. The van der Waals surface area contributed by atoms with E-state index in [0.717, 1.165) is 15.9 Å². The number of fused-ring (bicyclic) bond motifs is 1. The lowest BCUT2D eigenvalue weighted by atomic mass is 10.3. The molecule has 136 valence electrons. The number of rotatable bonds is 6. The molecule has 0 aliphatic rings. The first kappa shape index (κ1) is 17.2. The number of thiazole rings is 1. The number of amides is 1. The van der Waals surface area contributed by atoms with E-state index in [1.807, 2.05) is 43.3 Å². The number of pyridine rings is 1. The Kier molecular flexibility index (Phi) is 4.80. The minimum atomic E-state index is -0.324. The smallest absolute Gasteiger partial charge is 0.299 e. The van der Waals surface area contributed by atoms with Crippen LogP contribution in [0, 0.1) is 0 Å². The van der Waals surface area contributed by atoms with Gasteiger partial charge in [0, 0.05) is 12.3 Å². The van der Waals surface area contributed by atoms with Crippen molar-refractivity contribution in [1.82, 2.24) is 15.1 Å². The van der Waals surface area contributed by atoms with E-state index >= 15 is 0 Å². The van der Waals surface area contributed by atoms with Gasteiger partial charge in [0.05, 0.1) is 29.7 Å². The minimum absolute atomic E-state index is 0.148. The lowest BCUT2D eigenvalue weighted by Gasteiger charge is -2.17. The lowest BCUT2D eigenvalue weighted by molar-refractivity contribution is 0.0949. The highest BCUT2D eigenvalue weighted by Crippen LogP contribution is 2.35. The number of aromatic nitrogens is 3. The highest BCUT2D eigenvalue weighted by Gasteiger charge is 2.25. The maximum Gasteiger partial charge on any atom is 0.299 e. The zero-order chi connectivity index (χ0) is 18.6. The van der Waals surface area contributed by atoms with Gasteiger partial charge in [-0.05, 0) is 31.2 Å². The normalized spacial score (nSPS) is 10.9. The number of carbonyl (C=O) groups excluding carboxylic acids is 1. The predicted molar refractivity (Wildman–Crippen MR) is 102 cm³/mol. The van der Waals surface area contributed by atoms with Gasteiger partial charge in [0.2, 0.25) is 5.76 Å². The Balaban J connectivity index is 1.77. The zero-order valence-corrected chi connectivity index (χ0v) is 15.3. The molecule has 0 N–H and O–H groups in total. The second-order valence-corrected chi connectivity index (χ2v) is 6.63. The summed E-state index contributed by atoms with van der Waals surface area (Å²) >= 11 is 1.41. The molecule has 4 aromatic rings. The number of anilines is 1. The van der Waals surface area contributed by atoms with Gasteiger partial charge < -0.3 is 9.26 Å². The van der Waals surface area contributed by atoms with Crippen molar-refractivity contribution >= 4 is 32.6 Å². The second kappa shape index (κ2) is 7.55. The van der Waals surface area contributed by atoms with Gasteiger partial charge in [0.1, 0.15) is 11.3 Å². The minimum Gasteiger partial charge on any atom is -0.492 e. The highest BCUT2D eigenvalue weighted by molar-refractivity contribution is 7.22. The molecule has 0 atom stereocenters. The molecule has 0 aliphatic carbocycles. The molecule has 0 fully saturated rings. The highest BCUT2D eigenvalue weighted by atomic mass is 32.1. The molecule has 27 heavy (non-hydrogen) atoms. The van der Waals surface area contributed by atoms with E-state index in [-0.39, 0.29) is 18.2 Å². The summed E-state index contributed by atoms with van der Waals surface area (Å²) in [6, 6.07) is 12.8. The fraction of sp³-hybridized carbons (Fsp3) is 0.158. The van der Waals surface area contributed by atoms with E-state index in [2.05, 4.69) is 15.1 Å². The van der Waals surface area contributed by atoms with E-state index in [0.29, 0.717) is 17.5 Å². The van der Waals surface area contributed by atoms with Crippen LogP contribution in [0.3, 0.4) is 0 Å². The average Bonchev–Trinajstić information content (AvgIpc) is 3.37. The fourth-order valence-electron chi connectivity index (χ4n) is 2.64. The molecule has 8 heteroatoms. The van der Waals surface area contributed by atoms with E-state index in [1.165, 1.54) is 23.6 Å². The fourth-order valence-corrected chi connectivity index (χ4v) is 3.62. The van der Waals surface area contributed by atoms with Gasteiger partial charge in [-0.3, -0.25) is 14.7 Å². The summed E-state index contributed by atoms with van der Waals surface area (Å²) in [5.74, 6) is 0.521. The largest absolute Gasteiger partial charge is 0.492 e. The first-order valence-corrected chi connectivity index (χ1v) is 9.22. The third-order valence-corrected chi connectivity index (χ3v) is 4.89. The van der Waals surface area contributed by atoms with Crippen molar-refractivity contribution in [2.45, 2.75) is 13.5 Å². The molecule has 3 heterocycles. The van der Waals surface area contributed by atoms with Crippen LogP contribution in [0.2, 0.25) is 0 Å². The van der Waals surface area contributed by atoms with Crippen molar-refractivity contribution in [2.75, 3.05) is 11.5 Å². The first-order chi connectivity index (χ1) is 13.3. The Morgan fingerprint density at radius 3 is 2.85 bits per heavy atom. The number of para-hydroxylation sites is 1. The van der Waals surface area contributed by atoms with Crippen molar-refractivity contribution in [3.8, 4) is 5.75 Å². The van der Waals surface area contributed by atoms with Gasteiger partial charge in [-0.1, -0.05) is 28.6 Å². The summed E-state index contributed by atoms with van der Waals surface area (Å²) in [6.45, 7) is 2.73. The third kappa shape index (κ3) is 3.52. The van der Waals surface area contributed by atoms with Gasteiger partial charge in [-0.2, -0.15) is 0 Å². The van der Waals surface area contributed by atoms with Crippen LogP contribution in [0.25, 0.3) is 10.2 Å². The van der Waals surface area contributed by atoms with Gasteiger partial charge >= 0.3 is 0 Å². The van der Waals surface area contributed by atoms with Gasteiger partial charge in [0.15, 0.2) is 5.13 Å². The van der Waals surface area contributed by atoms with Crippen LogP contribution < -0.4 is 9.64 Å². The maximum atomic E-state index is 13.0. The number of benzene rings is 1. The molecule has 0 saturated heterocycles. The molecule has 0 spiro atoms. The Labute approximate surface area is 159 Å². The maximum absolute atomic E-state index is 13.0. The summed E-state index contributed by atoms with van der Waals surface area (Å²) in [4.78, 5) is 23.5. The van der Waals surface area contributed by atoms with Crippen LogP contribution in [0.1, 0.15) is 23.2 Å². The second-order valence-electron chi connectivity index (χ2n) is 5.62. The van der Waals surface area contributed by atoms with Crippen molar-refractivity contribution in [3.63, 3.8) is 0 Å². The van der Waals surface area contributed by atoms with Gasteiger partial charge in [-0.15, -0.1) is 0 Å². The van der Waals surface area contributed by atoms with Gasteiger partial charge in [-0.25, -0.2) is 4.98 Å². The van der Waals surface area contributed by atoms with Crippen LogP contribution in [-0.2, 0) is 6.54 Å². The van der Waals surface area contributed by atoms with E-state index in [9.17, 15) is 4.79 Å². The monoisotopic (exact) mass is 380 g/mol. The van der Waals surface area contributed by atoms with Crippen LogP contribution >= 0.6 is 11.3 Å². The van der Waals surface area contributed by atoms with Crippen LogP contribution in [0.4, 0.5) is 5.13 Å². The molecule has 0 saturated carbocycles. The number of ether oxygens (including phenoxy) is 1. The summed E-state index contributed by atoms with van der Waals surface area (Å²) in [5.41, 5.74) is 1.48. The molecular weight excluding hydrogens is 364 g/mol. The molecule has 0 bridgehead atoms. The molecule has 0 unspecified atom stereocenters. The molecule has 0 aliphatic heterocycles. The molecule has 1 aromatic carbocycles. The SMILES string of the molecule is CCOc1cccc2sc(N(Cc3ccccn3)C(=O)c3ccno3)nc12. The third-order valence-electron chi connectivity index (χ3n) is 3.84. The molecule has 0 radical (unpaired) electrons. The first-order valence-electron chi connectivity index (χ1n) is 8.41. The van der Waals surface area contributed by atoms with Crippen LogP contribution in [-0.4, -0.2) is 27.6 Å². The summed E-state index contributed by atoms with van der Waals surface area (Å²) in [5, 5.41) is 4.18. The Morgan fingerprint density at radius 1 is 1.19 bits per heavy atom. The van der Waals surface area contributed by atoms with Crippen LogP contribution in [0.15, 0.2) is 59.4 Å². The summed E-state index contributed by atoms with van der Waals surface area (Å²) in [6.07, 6.45) is 3.13. The van der Waals surface area contributed by atoms with E-state index in [4.69, 9.17) is 9.26 Å². The average molecular weight is 380 g/mol. The number of hydrogen-bond acceptors (Lipinski definition) is 7. The Hall–Kier alpha value is -3.26. The summed E-state index contributed by atoms with van der Waals surface area (Å²) < 4.78 is 11.7. The van der Waals surface area contributed by atoms with Gasteiger partial charge in [0.25, 0.3) is 5.91 Å². The van der Waals surface area contributed by atoms with Crippen molar-refractivity contribution in [2.24, 2.45) is 0 Å². The standard InChI is InChI=1S/C19H16N4O3S/c1-2-25-14-7-5-8-16-17(14)22-19(27-16)23(12-13-6-3-4-10-20-13)18(24)15-9-11-21-26-15/h3-11H,2,12H2,1H3. The Bertz CT molecular complexity index is 1050. The van der Waals surface area contributed by atoms with Crippen LogP contribution in [0.5, 0.6) is 5.75 Å². The molecule has 3 aromatic heterocycles. The topological polar surface area (TPSA) is 81.4 Å². The van der Waals surface area contributed by atoms with E-state index < -0.39 is 0 Å². The quantitative estimate of drug-likeness (QED) is 0.504. The number of hydrogen-bond donors (Lipinski definition) is 0.